The molecule has 0 aromatic heterocycles. The Hall–Kier alpha value is -0.165. The maximum atomic E-state index is 5.83. The van der Waals surface area contributed by atoms with Gasteiger partial charge in [0.2, 0.25) is 0 Å². The summed E-state index contributed by atoms with van der Waals surface area (Å²) in [5.41, 5.74) is 1.09. The number of halogens is 1. The van der Waals surface area contributed by atoms with Gasteiger partial charge in [0.05, 0.1) is 7.85 Å². The van der Waals surface area contributed by atoms with E-state index in [9.17, 15) is 0 Å². The first kappa shape index (κ1) is 6.95. The number of hydrogen-bond donors (Lipinski definition) is 0. The second-order valence-electron chi connectivity index (χ2n) is 2.08. The van der Waals surface area contributed by atoms with E-state index in [4.69, 9.17) is 19.4 Å². The SMILES string of the molecule is [B]CC1=C(Cl)CCC=C1. The lowest BCUT2D eigenvalue weighted by Gasteiger charge is -2.07. The summed E-state index contributed by atoms with van der Waals surface area (Å²) in [4.78, 5) is 0. The van der Waals surface area contributed by atoms with E-state index in [1.807, 2.05) is 6.08 Å². The monoisotopic (exact) mass is 138 g/mol. The molecule has 0 saturated heterocycles. The molecule has 0 heterocycles. The average Bonchev–Trinajstić information content (AvgIpc) is 1.89. The predicted octanol–water partition coefficient (Wildman–Crippen LogP) is 2.42. The van der Waals surface area contributed by atoms with Crippen LogP contribution in [0.3, 0.4) is 0 Å². The van der Waals surface area contributed by atoms with Gasteiger partial charge in [-0.2, -0.15) is 0 Å². The number of allylic oxidation sites excluding steroid dienone is 4. The van der Waals surface area contributed by atoms with Gasteiger partial charge in [-0.25, -0.2) is 0 Å². The van der Waals surface area contributed by atoms with Crippen LogP contribution in [0.5, 0.6) is 0 Å². The van der Waals surface area contributed by atoms with Crippen molar-refractivity contribution in [3.63, 3.8) is 0 Å². The standard InChI is InChI=1S/C7H8BCl/c8-5-6-3-1-2-4-7(6)9/h1,3H,2,4-5H2. The lowest BCUT2D eigenvalue weighted by molar-refractivity contribution is 0.996. The molecule has 0 spiro atoms. The van der Waals surface area contributed by atoms with E-state index < -0.39 is 0 Å². The first-order valence-corrected chi connectivity index (χ1v) is 3.46. The smallest absolute Gasteiger partial charge is 0.0717 e. The molecule has 0 unspecified atom stereocenters. The van der Waals surface area contributed by atoms with Crippen molar-refractivity contribution in [1.29, 1.82) is 0 Å². The van der Waals surface area contributed by atoms with Crippen molar-refractivity contribution in [1.82, 2.24) is 0 Å². The molecule has 2 heteroatoms. The fourth-order valence-corrected chi connectivity index (χ4v) is 1.11. The fourth-order valence-electron chi connectivity index (χ4n) is 0.865. The molecule has 0 bridgehead atoms. The molecule has 0 atom stereocenters. The number of hydrogen-bond acceptors (Lipinski definition) is 0. The Bertz CT molecular complexity index is 158. The Kier molecular flexibility index (Phi) is 2.41. The molecule has 1 aliphatic carbocycles. The molecule has 1 aliphatic rings. The highest BCUT2D eigenvalue weighted by atomic mass is 35.5. The summed E-state index contributed by atoms with van der Waals surface area (Å²) in [6, 6.07) is 0. The van der Waals surface area contributed by atoms with Crippen LogP contribution in [0, 0.1) is 0 Å². The van der Waals surface area contributed by atoms with Gasteiger partial charge in [0.25, 0.3) is 0 Å². The molecule has 46 valence electrons. The molecule has 9 heavy (non-hydrogen) atoms. The molecule has 0 amide bonds. The molecule has 0 nitrogen and oxygen atoms in total. The van der Waals surface area contributed by atoms with E-state index >= 15 is 0 Å². The molecule has 2 radical (unpaired) electrons. The highest BCUT2D eigenvalue weighted by Gasteiger charge is 2.01. The van der Waals surface area contributed by atoms with Crippen molar-refractivity contribution in [2.45, 2.75) is 19.2 Å². The van der Waals surface area contributed by atoms with Gasteiger partial charge in [0.15, 0.2) is 0 Å². The third kappa shape index (κ3) is 1.62. The van der Waals surface area contributed by atoms with Crippen LogP contribution < -0.4 is 0 Å². The lowest BCUT2D eigenvalue weighted by atomic mass is 9.93. The van der Waals surface area contributed by atoms with Crippen LogP contribution in [0.25, 0.3) is 0 Å². The molecule has 0 aromatic rings. The Balaban J connectivity index is 2.72. The Morgan fingerprint density at radius 2 is 2.44 bits per heavy atom. The fraction of sp³-hybridized carbons (Fsp3) is 0.429. The lowest BCUT2D eigenvalue weighted by Crippen LogP contribution is -1.88. The van der Waals surface area contributed by atoms with Crippen molar-refractivity contribution in [2.75, 3.05) is 0 Å². The van der Waals surface area contributed by atoms with E-state index in [2.05, 4.69) is 6.08 Å². The summed E-state index contributed by atoms with van der Waals surface area (Å²) < 4.78 is 0. The van der Waals surface area contributed by atoms with E-state index in [0.717, 1.165) is 23.4 Å². The zero-order valence-corrected chi connectivity index (χ0v) is 5.99. The highest BCUT2D eigenvalue weighted by Crippen LogP contribution is 2.23. The van der Waals surface area contributed by atoms with Crippen LogP contribution in [0.4, 0.5) is 0 Å². The third-order valence-electron chi connectivity index (χ3n) is 1.42. The summed E-state index contributed by atoms with van der Waals surface area (Å²) in [7, 11) is 5.40. The van der Waals surface area contributed by atoms with Gasteiger partial charge in [0.1, 0.15) is 0 Å². The minimum atomic E-state index is 0.565. The maximum absolute atomic E-state index is 5.83. The van der Waals surface area contributed by atoms with E-state index in [0.29, 0.717) is 6.32 Å². The van der Waals surface area contributed by atoms with Crippen LogP contribution in [0.1, 0.15) is 12.8 Å². The molecule has 0 fully saturated rings. The van der Waals surface area contributed by atoms with E-state index in [-0.39, 0.29) is 0 Å². The largest absolute Gasteiger partial charge is 0.0889 e. The summed E-state index contributed by atoms with van der Waals surface area (Å²) in [5.74, 6) is 0. The topological polar surface area (TPSA) is 0 Å². The Morgan fingerprint density at radius 3 is 2.89 bits per heavy atom. The van der Waals surface area contributed by atoms with Gasteiger partial charge in [0, 0.05) is 5.03 Å². The van der Waals surface area contributed by atoms with Crippen molar-refractivity contribution < 1.29 is 0 Å². The predicted molar refractivity (Wildman–Crippen MR) is 41.8 cm³/mol. The molecular weight excluding hydrogens is 130 g/mol. The van der Waals surface area contributed by atoms with Crippen molar-refractivity contribution in [2.24, 2.45) is 0 Å². The Labute approximate surface area is 62.0 Å². The molecule has 0 aliphatic heterocycles. The van der Waals surface area contributed by atoms with E-state index in [1.165, 1.54) is 0 Å². The normalized spacial score (nSPS) is 18.8. The van der Waals surface area contributed by atoms with Crippen molar-refractivity contribution >= 4 is 19.4 Å². The van der Waals surface area contributed by atoms with E-state index in [1.54, 1.807) is 0 Å². The molecule has 0 aromatic carbocycles. The summed E-state index contributed by atoms with van der Waals surface area (Å²) in [5, 5.41) is 0.931. The molecule has 0 saturated carbocycles. The average molecular weight is 138 g/mol. The summed E-state index contributed by atoms with van der Waals surface area (Å²) in [6.45, 7) is 0. The zero-order valence-electron chi connectivity index (χ0n) is 5.23. The summed E-state index contributed by atoms with van der Waals surface area (Å²) in [6.07, 6.45) is 6.70. The van der Waals surface area contributed by atoms with Gasteiger partial charge < -0.3 is 0 Å². The van der Waals surface area contributed by atoms with Crippen LogP contribution in [-0.4, -0.2) is 7.85 Å². The zero-order chi connectivity index (χ0) is 6.69. The van der Waals surface area contributed by atoms with Crippen LogP contribution in [0.2, 0.25) is 6.32 Å². The first-order valence-electron chi connectivity index (χ1n) is 3.08. The van der Waals surface area contributed by atoms with Crippen molar-refractivity contribution in [3.8, 4) is 0 Å². The minimum absolute atomic E-state index is 0.565. The minimum Gasteiger partial charge on any atom is -0.0889 e. The molecular formula is C7H8BCl. The quantitative estimate of drug-likeness (QED) is 0.488. The van der Waals surface area contributed by atoms with Gasteiger partial charge in [-0.3, -0.25) is 0 Å². The highest BCUT2D eigenvalue weighted by molar-refractivity contribution is 6.30. The maximum Gasteiger partial charge on any atom is 0.0717 e. The van der Waals surface area contributed by atoms with Crippen LogP contribution >= 0.6 is 11.6 Å². The number of rotatable bonds is 1. The molecule has 0 N–H and O–H groups in total. The molecule has 1 rings (SSSR count). The van der Waals surface area contributed by atoms with Gasteiger partial charge in [-0.05, 0) is 18.4 Å². The second-order valence-corrected chi connectivity index (χ2v) is 2.53. The Morgan fingerprint density at radius 1 is 1.67 bits per heavy atom. The van der Waals surface area contributed by atoms with Gasteiger partial charge in [-0.1, -0.05) is 30.1 Å². The van der Waals surface area contributed by atoms with Crippen molar-refractivity contribution in [3.05, 3.63) is 22.8 Å². The summed E-state index contributed by atoms with van der Waals surface area (Å²) >= 11 is 5.83. The van der Waals surface area contributed by atoms with Crippen LogP contribution in [-0.2, 0) is 0 Å². The second kappa shape index (κ2) is 3.12. The van der Waals surface area contributed by atoms with Crippen LogP contribution in [0.15, 0.2) is 22.8 Å². The first-order chi connectivity index (χ1) is 4.34. The van der Waals surface area contributed by atoms with Gasteiger partial charge in [-0.15, -0.1) is 0 Å². The third-order valence-corrected chi connectivity index (χ3v) is 1.85. The van der Waals surface area contributed by atoms with Gasteiger partial charge >= 0.3 is 0 Å².